The van der Waals surface area contributed by atoms with Crippen LogP contribution in [0.1, 0.15) is 94.8 Å². The number of H-pyrrole nitrogens is 2. The Balaban J connectivity index is 0.591. The summed E-state index contributed by atoms with van der Waals surface area (Å²) < 4.78 is 119. The van der Waals surface area contributed by atoms with Crippen molar-refractivity contribution < 1.29 is 112 Å². The van der Waals surface area contributed by atoms with Crippen LogP contribution in [0, 0.1) is 6.92 Å². The van der Waals surface area contributed by atoms with Gasteiger partial charge in [-0.25, -0.2) is 59.6 Å². The monoisotopic (exact) mass is 2030 g/mol. The van der Waals surface area contributed by atoms with Gasteiger partial charge in [0.25, 0.3) is 11.1 Å². The summed E-state index contributed by atoms with van der Waals surface area (Å²) in [5.74, 6) is -0.345. The highest BCUT2D eigenvalue weighted by atomic mass is 32.5. The van der Waals surface area contributed by atoms with E-state index < -0.39 is 201 Å². The molecule has 67 heteroatoms. The van der Waals surface area contributed by atoms with Crippen LogP contribution in [-0.4, -0.2) is 250 Å². The predicted molar refractivity (Wildman–Crippen MR) is 468 cm³/mol. The summed E-state index contributed by atoms with van der Waals surface area (Å²) in [5.41, 5.74) is 35.8. The van der Waals surface area contributed by atoms with Crippen molar-refractivity contribution in [3.05, 3.63) is 93.6 Å². The van der Waals surface area contributed by atoms with Gasteiger partial charge in [-0.1, -0.05) is 6.92 Å². The maximum absolute atomic E-state index is 13.6. The number of nitrogens with one attached hydrogen (secondary N) is 2. The molecule has 20 N–H and O–H groups in total. The van der Waals surface area contributed by atoms with Gasteiger partial charge in [0, 0.05) is 57.4 Å². The molecule has 11 aromatic heterocycles. The van der Waals surface area contributed by atoms with Gasteiger partial charge in [-0.2, -0.15) is 15.0 Å². The van der Waals surface area contributed by atoms with Gasteiger partial charge in [-0.15, -0.1) is 0 Å². The standard InChI is InChI=1S/C62H80N28O27P6S6/c1-4-26-27(5-39(106-26)86-20-75-44-50(64)69-17-72-53(44)86)113-119(95,125)101-14-35-30(8-41(109-35)88-22-77-46-52(66)71-19-74-55(46)88)115-122(98,128)103-13-34-29(6-38(107-34)85-11-25(2)49(63)80-62(85)93)114-120(96,126)104-15-36-32(10-43(110-36)90-24-79-48-57(90)82-61(68)84-59(48)92)117-123(99,129)105-16-37-31(9-42(111-37)89-23-78-47-56(89)81-60(67)83-58(47)91)116-121(97,127)102-12-33-28(112-118(94,124)100-3)7-40(108-33)87-21-76-45-51(65)70-18-73-54(45)87/h11,17-24,26-43H,4-10,12-16H2,1-3H3,(H,94,124)(H,95,125)(H,96,126)(H,97,127)(H,98,128)(H,99,129)(H2,63,80,93)(H2,64,69,72)(H2,65,70,73)(H2,66,71,74)(H3,67,81,83,91)(H3,68,82,84,92)/t26-,27-,28-,29-,30-,31-,32-,33-,34-,35-,36-,37-,38-,39-,40-,41-,42-,43-,118?,119?,120?,121?,122?,123?/m1/s1. The lowest BCUT2D eigenvalue weighted by Crippen LogP contribution is -2.32. The molecular weight excluding hydrogens is 1950 g/mol. The average molecular weight is 2030 g/mol. The minimum absolute atomic E-state index is 0.00225. The van der Waals surface area contributed by atoms with Crippen LogP contribution in [0.15, 0.2) is 71.2 Å². The average Bonchev–Trinajstić information content (AvgIpc) is 1.63. The van der Waals surface area contributed by atoms with Crippen LogP contribution < -0.4 is 51.2 Å². The van der Waals surface area contributed by atoms with Crippen LogP contribution in [0.4, 0.5) is 35.2 Å². The normalized spacial score (nSPS) is 29.1. The first kappa shape index (κ1) is 93.8. The molecule has 17 heterocycles. The molecule has 0 spiro atoms. The first-order chi connectivity index (χ1) is 61.2. The Labute approximate surface area is 754 Å². The van der Waals surface area contributed by atoms with E-state index in [-0.39, 0.29) is 118 Å². The van der Waals surface area contributed by atoms with Crippen molar-refractivity contribution in [2.24, 2.45) is 0 Å². The molecule has 0 aromatic carbocycles. The Morgan fingerprint density at radius 3 is 0.930 bits per heavy atom. The number of hydrogen-bond acceptors (Lipinski definition) is 47. The van der Waals surface area contributed by atoms with Crippen molar-refractivity contribution in [2.75, 3.05) is 74.5 Å². The van der Waals surface area contributed by atoms with E-state index in [1.165, 1.54) is 70.5 Å². The number of nitrogens with zero attached hydrogens (tertiary/aromatic N) is 20. The second-order valence-corrected chi connectivity index (χ2v) is 46.6. The van der Waals surface area contributed by atoms with E-state index in [1.807, 2.05) is 6.92 Å². The number of rotatable bonds is 35. The zero-order valence-electron chi connectivity index (χ0n) is 66.9. The second-order valence-electron chi connectivity index (χ2n) is 29.7. The molecule has 0 aliphatic carbocycles. The molecule has 17 rings (SSSR count). The van der Waals surface area contributed by atoms with Crippen molar-refractivity contribution in [2.45, 2.75) is 169 Å². The van der Waals surface area contributed by atoms with Gasteiger partial charge in [0.1, 0.15) is 109 Å². The van der Waals surface area contributed by atoms with E-state index in [9.17, 15) is 43.7 Å². The van der Waals surface area contributed by atoms with Gasteiger partial charge in [0.2, 0.25) is 11.9 Å². The summed E-state index contributed by atoms with van der Waals surface area (Å²) >= 11 is 33.6. The van der Waals surface area contributed by atoms with Gasteiger partial charge in [0.05, 0.1) is 107 Å². The zero-order chi connectivity index (χ0) is 91.3. The largest absolute Gasteiger partial charge is 0.383 e. The van der Waals surface area contributed by atoms with Crippen LogP contribution in [0.25, 0.3) is 55.8 Å². The van der Waals surface area contributed by atoms with Crippen molar-refractivity contribution >= 4 is 202 Å². The lowest BCUT2D eigenvalue weighted by Gasteiger charge is -2.28. The fraction of sp³-hybridized carbons (Fsp3) is 0.532. The Bertz CT molecular complexity index is 6610. The molecule has 696 valence electrons. The quantitative estimate of drug-likeness (QED) is 0.0249. The van der Waals surface area contributed by atoms with E-state index in [0.717, 1.165) is 11.7 Å². The van der Waals surface area contributed by atoms with Crippen molar-refractivity contribution in [3.63, 3.8) is 0 Å². The molecule has 6 saturated heterocycles. The summed E-state index contributed by atoms with van der Waals surface area (Å²) in [6.45, 7) is -26.3. The maximum Gasteiger partial charge on any atom is 0.351 e. The minimum Gasteiger partial charge on any atom is -0.383 e. The SMILES string of the molecule is CC[C@H]1O[C@@H](n2cnc3c(N)ncnc32)C[C@H]1OP(O)(=S)OC[C@H]1O[C@@H](n2cnc3c(N)ncnc32)C[C@H]1OP(O)(=S)OC[C@H]1O[C@@H](n2cc(C)c(N)nc2=O)C[C@H]1OP(O)(=S)OC[C@H]1O[C@@H](n2cnc3c(=O)[nH]c(N)nc32)C[C@H]1OP(O)(=S)OC[C@H]1O[C@@H](n2cnc3c(=O)[nH]c(N)nc32)C[C@H]1OP(O)(=S)OC[C@H]1O[C@@H](n2cnc3c(N)ncnc32)C[C@H]1OP(O)(=S)OC. The summed E-state index contributed by atoms with van der Waals surface area (Å²) in [7, 11) is 1.16. The van der Waals surface area contributed by atoms with Crippen LogP contribution in [0.2, 0.25) is 0 Å². The van der Waals surface area contributed by atoms with Gasteiger partial charge >= 0.3 is 46.0 Å². The second kappa shape index (κ2) is 37.3. The van der Waals surface area contributed by atoms with Crippen LogP contribution in [0.5, 0.6) is 0 Å². The third-order valence-corrected chi connectivity index (χ3v) is 31.1. The molecule has 0 saturated carbocycles. The third kappa shape index (κ3) is 20.5. The lowest BCUT2D eigenvalue weighted by molar-refractivity contribution is -0.0562. The molecule has 6 unspecified atom stereocenters. The first-order valence-corrected chi connectivity index (χ1v) is 54.1. The number of nitrogens with two attached hydrogens (primary N) is 6. The van der Waals surface area contributed by atoms with Gasteiger partial charge in [0.15, 0.2) is 56.7 Å². The summed E-state index contributed by atoms with van der Waals surface area (Å²) in [6.07, 6.45) is -9.15. The van der Waals surface area contributed by atoms with Gasteiger partial charge < -0.3 is 146 Å². The number of aryl methyl sites for hydroxylation is 1. The fourth-order valence-corrected chi connectivity index (χ4v) is 23.8. The topological polar surface area (TPSA) is 736 Å². The number of hydrogen-bond donors (Lipinski definition) is 14. The molecule has 0 bridgehead atoms. The highest BCUT2D eigenvalue weighted by Crippen LogP contribution is 2.58. The zero-order valence-corrected chi connectivity index (χ0v) is 77.1. The molecule has 6 aliphatic rings. The molecule has 55 nitrogen and oxygen atoms in total. The van der Waals surface area contributed by atoms with E-state index in [1.54, 1.807) is 16.1 Å². The number of nitrogen functional groups attached to an aromatic ring is 6. The van der Waals surface area contributed by atoms with E-state index in [0.29, 0.717) is 23.1 Å². The van der Waals surface area contributed by atoms with Gasteiger partial charge in [-0.05, 0) is 84.2 Å². The van der Waals surface area contributed by atoms with Crippen molar-refractivity contribution in [1.29, 1.82) is 0 Å². The molecule has 24 atom stereocenters. The molecule has 11 aromatic rings. The summed E-state index contributed by atoms with van der Waals surface area (Å²) in [4.78, 5) is 175. The highest BCUT2D eigenvalue weighted by molar-refractivity contribution is 8.08. The Kier molecular flexibility index (Phi) is 27.1. The Morgan fingerprint density at radius 2 is 0.636 bits per heavy atom. The molecule has 129 heavy (non-hydrogen) atoms. The van der Waals surface area contributed by atoms with Crippen LogP contribution >= 0.6 is 40.3 Å². The summed E-state index contributed by atoms with van der Waals surface area (Å²) in [5, 5.41) is 0. The first-order valence-electron chi connectivity index (χ1n) is 38.6. The molecule has 6 fully saturated rings. The van der Waals surface area contributed by atoms with E-state index in [4.69, 9.17) is 188 Å². The minimum atomic E-state index is -4.68. The fourth-order valence-electron chi connectivity index (χ4n) is 15.4. The maximum atomic E-state index is 13.6. The van der Waals surface area contributed by atoms with E-state index >= 15 is 0 Å². The van der Waals surface area contributed by atoms with Crippen molar-refractivity contribution in [3.8, 4) is 0 Å². The van der Waals surface area contributed by atoms with Crippen LogP contribution in [0.3, 0.4) is 0 Å². The number of ether oxygens (including phenoxy) is 6. The van der Waals surface area contributed by atoms with Crippen molar-refractivity contribution in [1.82, 2.24) is 107 Å². The van der Waals surface area contributed by atoms with Crippen LogP contribution in [-0.2, 0) is 154 Å². The Hall–Kier alpha value is -7.03. The molecular formula is C62H80N28O27P6S6. The molecule has 6 aliphatic heterocycles. The smallest absolute Gasteiger partial charge is 0.351 e. The van der Waals surface area contributed by atoms with E-state index in [2.05, 4.69) is 79.7 Å². The lowest BCUT2D eigenvalue weighted by atomic mass is 10.1. The molecule has 0 amide bonds. The third-order valence-electron chi connectivity index (χ3n) is 21.4. The molecule has 0 radical (unpaired) electrons. The number of imidazole rings is 5. The number of aromatic amines is 2. The highest BCUT2D eigenvalue weighted by Gasteiger charge is 2.51. The number of anilines is 6. The Morgan fingerprint density at radius 1 is 0.372 bits per heavy atom. The number of aromatic nitrogens is 22. The number of fused-ring (bicyclic) bond motifs is 5. The predicted octanol–water partition coefficient (Wildman–Crippen LogP) is 1.31. The van der Waals surface area contributed by atoms with Gasteiger partial charge in [-0.3, -0.25) is 47.0 Å². The summed E-state index contributed by atoms with van der Waals surface area (Å²) in [6, 6.07) is 0.